The van der Waals surface area contributed by atoms with Gasteiger partial charge >= 0.3 is 0 Å². The van der Waals surface area contributed by atoms with Gasteiger partial charge in [0.15, 0.2) is 17.5 Å². The number of carbonyl (C=O) groups excluding carboxylic acids is 1. The molecular weight excluding hydrogens is 511 g/mol. The highest BCUT2D eigenvalue weighted by Gasteiger charge is 2.23. The Bertz CT molecular complexity index is 766. The van der Waals surface area contributed by atoms with Gasteiger partial charge in [0.1, 0.15) is 6.54 Å². The molecule has 1 aromatic carbocycles. The summed E-state index contributed by atoms with van der Waals surface area (Å²) in [5.74, 6) is 2.21. The largest absolute Gasteiger partial charge is 0.493 e. The summed E-state index contributed by atoms with van der Waals surface area (Å²) in [6.07, 6.45) is 4.43. The molecule has 1 fully saturated rings. The van der Waals surface area contributed by atoms with Crippen LogP contribution >= 0.6 is 24.0 Å². The number of halogens is 1. The molecule has 0 bridgehead atoms. The molecule has 1 N–H and O–H groups in total. The molecule has 3 rings (SSSR count). The highest BCUT2D eigenvalue weighted by atomic mass is 127. The molecule has 1 aromatic rings. The van der Waals surface area contributed by atoms with Crippen LogP contribution in [0.4, 0.5) is 0 Å². The number of carbonyl (C=O) groups is 1. The van der Waals surface area contributed by atoms with Crippen molar-refractivity contribution in [2.24, 2.45) is 4.99 Å². The summed E-state index contributed by atoms with van der Waals surface area (Å²) in [5.41, 5.74) is 2.43. The summed E-state index contributed by atoms with van der Waals surface area (Å²) < 4.78 is 16.8. The Morgan fingerprint density at radius 1 is 1.23 bits per heavy atom. The van der Waals surface area contributed by atoms with E-state index in [-0.39, 0.29) is 42.5 Å². The monoisotopic (exact) mass is 546 g/mol. The molecule has 1 saturated heterocycles. The number of nitrogens with zero attached hydrogens (tertiary/aromatic N) is 3. The third-order valence-corrected chi connectivity index (χ3v) is 5.64. The van der Waals surface area contributed by atoms with Gasteiger partial charge in [0, 0.05) is 40.3 Å². The predicted molar refractivity (Wildman–Crippen MR) is 132 cm³/mol. The van der Waals surface area contributed by atoms with Crippen LogP contribution in [-0.2, 0) is 22.5 Å². The van der Waals surface area contributed by atoms with Crippen LogP contribution in [0.1, 0.15) is 30.4 Å². The smallest absolute Gasteiger partial charge is 0.243 e. The zero-order valence-corrected chi connectivity index (χ0v) is 21.3. The molecule has 1 amide bonds. The third kappa shape index (κ3) is 6.86. The number of ether oxygens (including phenoxy) is 3. The van der Waals surface area contributed by atoms with Gasteiger partial charge in [-0.25, -0.2) is 4.99 Å². The Kier molecular flexibility index (Phi) is 10.1. The van der Waals surface area contributed by atoms with Crippen molar-refractivity contribution in [3.63, 3.8) is 0 Å². The first kappa shape index (κ1) is 25.5. The molecule has 1 atom stereocenters. The standard InChI is InChI=1S/C22H34N4O4.HI/c1-25(2)21(27)14-24-22(23-13-18-7-5-6-10-30-18)26-9-8-16-11-19(28-3)20(29-4)12-17(16)15-26;/h11-12,18H,5-10,13-15H2,1-4H3,(H,23,24);1H. The average molecular weight is 546 g/mol. The van der Waals surface area contributed by atoms with Gasteiger partial charge in [-0.3, -0.25) is 4.79 Å². The van der Waals surface area contributed by atoms with Crippen molar-refractivity contribution >= 4 is 35.8 Å². The van der Waals surface area contributed by atoms with Gasteiger partial charge in [-0.05, 0) is 48.9 Å². The molecule has 8 nitrogen and oxygen atoms in total. The molecule has 0 spiro atoms. The van der Waals surface area contributed by atoms with Gasteiger partial charge < -0.3 is 29.3 Å². The Morgan fingerprint density at radius 3 is 2.55 bits per heavy atom. The summed E-state index contributed by atoms with van der Waals surface area (Å²) >= 11 is 0. The molecule has 174 valence electrons. The van der Waals surface area contributed by atoms with E-state index in [0.29, 0.717) is 13.1 Å². The van der Waals surface area contributed by atoms with Crippen LogP contribution in [0, 0.1) is 0 Å². The lowest BCUT2D eigenvalue weighted by molar-refractivity contribution is -0.127. The fraction of sp³-hybridized carbons (Fsp3) is 0.636. The maximum Gasteiger partial charge on any atom is 0.243 e. The number of nitrogens with one attached hydrogen (secondary N) is 1. The Hall–Kier alpha value is -1.75. The van der Waals surface area contributed by atoms with E-state index >= 15 is 0 Å². The van der Waals surface area contributed by atoms with Gasteiger partial charge in [-0.15, -0.1) is 24.0 Å². The molecule has 1 unspecified atom stereocenters. The number of hydrogen-bond acceptors (Lipinski definition) is 5. The highest BCUT2D eigenvalue weighted by Crippen LogP contribution is 2.33. The molecule has 0 aromatic heterocycles. The van der Waals surface area contributed by atoms with Gasteiger partial charge in [0.05, 0.1) is 20.3 Å². The normalized spacial score (nSPS) is 18.5. The number of aliphatic imine (C=N–C) groups is 1. The Labute approximate surface area is 202 Å². The Morgan fingerprint density at radius 2 is 1.94 bits per heavy atom. The number of rotatable bonds is 6. The zero-order valence-electron chi connectivity index (χ0n) is 19.0. The summed E-state index contributed by atoms with van der Waals surface area (Å²) in [4.78, 5) is 20.5. The molecule has 0 radical (unpaired) electrons. The zero-order chi connectivity index (χ0) is 21.5. The SMILES string of the molecule is COc1cc2c(cc1OC)CN(C(=NCC(=O)N(C)C)NCC1CCCCO1)CC2.I. The predicted octanol–water partition coefficient (Wildman–Crippen LogP) is 2.28. The van der Waals surface area contributed by atoms with E-state index in [4.69, 9.17) is 14.2 Å². The third-order valence-electron chi connectivity index (χ3n) is 5.64. The lowest BCUT2D eigenvalue weighted by Crippen LogP contribution is -2.47. The van der Waals surface area contributed by atoms with E-state index in [9.17, 15) is 4.79 Å². The van der Waals surface area contributed by atoms with Crippen molar-refractivity contribution in [1.29, 1.82) is 0 Å². The van der Waals surface area contributed by atoms with Crippen molar-refractivity contribution in [2.75, 3.05) is 54.6 Å². The van der Waals surface area contributed by atoms with E-state index in [0.717, 1.165) is 49.9 Å². The van der Waals surface area contributed by atoms with Crippen molar-refractivity contribution in [2.45, 2.75) is 38.3 Å². The molecular formula is C22H35IN4O4. The summed E-state index contributed by atoms with van der Waals surface area (Å²) in [7, 11) is 6.80. The topological polar surface area (TPSA) is 75.6 Å². The minimum Gasteiger partial charge on any atom is -0.493 e. The molecule has 2 aliphatic rings. The van der Waals surface area contributed by atoms with Crippen LogP contribution in [0.5, 0.6) is 11.5 Å². The van der Waals surface area contributed by atoms with E-state index in [1.165, 1.54) is 17.5 Å². The van der Waals surface area contributed by atoms with Crippen LogP contribution in [0.3, 0.4) is 0 Å². The van der Waals surface area contributed by atoms with Crippen LogP contribution in [-0.4, -0.2) is 82.3 Å². The second-order valence-corrected chi connectivity index (χ2v) is 7.94. The highest BCUT2D eigenvalue weighted by molar-refractivity contribution is 14.0. The fourth-order valence-electron chi connectivity index (χ4n) is 3.79. The first-order chi connectivity index (χ1) is 14.5. The van der Waals surface area contributed by atoms with Gasteiger partial charge in [-0.1, -0.05) is 0 Å². The molecule has 0 aliphatic carbocycles. The molecule has 9 heteroatoms. The first-order valence-electron chi connectivity index (χ1n) is 10.6. The van der Waals surface area contributed by atoms with Crippen molar-refractivity contribution in [3.05, 3.63) is 23.3 Å². The first-order valence-corrected chi connectivity index (χ1v) is 10.6. The number of fused-ring (bicyclic) bond motifs is 1. The minimum atomic E-state index is -0.0213. The molecule has 31 heavy (non-hydrogen) atoms. The molecule has 0 saturated carbocycles. The van der Waals surface area contributed by atoms with Crippen LogP contribution in [0.15, 0.2) is 17.1 Å². The number of hydrogen-bond donors (Lipinski definition) is 1. The maximum atomic E-state index is 12.1. The number of benzene rings is 1. The van der Waals surface area contributed by atoms with Crippen LogP contribution < -0.4 is 14.8 Å². The minimum absolute atomic E-state index is 0. The number of likely N-dealkylation sites (N-methyl/N-ethyl adjacent to an activating group) is 1. The fourth-order valence-corrected chi connectivity index (χ4v) is 3.79. The van der Waals surface area contributed by atoms with E-state index in [1.807, 2.05) is 6.07 Å². The summed E-state index contributed by atoms with van der Waals surface area (Å²) in [6.45, 7) is 3.15. The Balaban J connectivity index is 0.00000341. The number of amides is 1. The van der Waals surface area contributed by atoms with Crippen LogP contribution in [0.2, 0.25) is 0 Å². The van der Waals surface area contributed by atoms with Gasteiger partial charge in [-0.2, -0.15) is 0 Å². The van der Waals surface area contributed by atoms with E-state index in [2.05, 4.69) is 21.3 Å². The van der Waals surface area contributed by atoms with Crippen molar-refractivity contribution in [3.8, 4) is 11.5 Å². The molecule has 2 heterocycles. The lowest BCUT2D eigenvalue weighted by Gasteiger charge is -2.33. The lowest BCUT2D eigenvalue weighted by atomic mass is 9.99. The summed E-state index contributed by atoms with van der Waals surface area (Å²) in [5, 5.41) is 3.46. The van der Waals surface area contributed by atoms with Crippen molar-refractivity contribution < 1.29 is 19.0 Å². The maximum absolute atomic E-state index is 12.1. The number of methoxy groups -OCH3 is 2. The van der Waals surface area contributed by atoms with E-state index < -0.39 is 0 Å². The summed E-state index contributed by atoms with van der Waals surface area (Å²) in [6, 6.07) is 4.09. The van der Waals surface area contributed by atoms with Crippen LogP contribution in [0.25, 0.3) is 0 Å². The van der Waals surface area contributed by atoms with E-state index in [1.54, 1.807) is 33.2 Å². The van der Waals surface area contributed by atoms with Gasteiger partial charge in [0.25, 0.3) is 0 Å². The number of guanidine groups is 1. The quantitative estimate of drug-likeness (QED) is 0.336. The second-order valence-electron chi connectivity index (χ2n) is 7.94. The van der Waals surface area contributed by atoms with Crippen molar-refractivity contribution in [1.82, 2.24) is 15.1 Å². The molecule has 2 aliphatic heterocycles. The second kappa shape index (κ2) is 12.3. The average Bonchev–Trinajstić information content (AvgIpc) is 2.78. The van der Waals surface area contributed by atoms with Gasteiger partial charge in [0.2, 0.25) is 5.91 Å².